The molecule has 2 saturated carbocycles. The number of nitrogens with one attached hydrogen (secondary N) is 1. The number of rotatable bonds is 15. The van der Waals surface area contributed by atoms with E-state index in [4.69, 9.17) is 29.2 Å². The number of anilines is 2. The van der Waals surface area contributed by atoms with E-state index in [9.17, 15) is 19.5 Å². The summed E-state index contributed by atoms with van der Waals surface area (Å²) < 4.78 is 51.6. The van der Waals surface area contributed by atoms with E-state index in [1.807, 2.05) is 60.4 Å². The highest BCUT2D eigenvalue weighted by molar-refractivity contribution is 6.06. The molecule has 0 unspecified atom stereocenters. The molecule has 7 heterocycles. The molecule has 12 rings (SSSR count). The smallest absolute Gasteiger partial charge is 0.319 e. The highest BCUT2D eigenvalue weighted by Crippen LogP contribution is 2.58. The maximum Gasteiger partial charge on any atom is 0.319 e. The Labute approximate surface area is 442 Å². The van der Waals surface area contributed by atoms with Crippen molar-refractivity contribution in [2.75, 3.05) is 95.8 Å². The van der Waals surface area contributed by atoms with E-state index in [0.717, 1.165) is 112 Å². The summed E-state index contributed by atoms with van der Waals surface area (Å²) in [5.41, 5.74) is 2.21. The van der Waals surface area contributed by atoms with Crippen molar-refractivity contribution in [2.24, 2.45) is 10.8 Å². The van der Waals surface area contributed by atoms with Gasteiger partial charge < -0.3 is 38.9 Å². The Kier molecular flexibility index (Phi) is 13.2. The summed E-state index contributed by atoms with van der Waals surface area (Å²) in [7, 11) is 1.56. The molecule has 1 spiro atoms. The van der Waals surface area contributed by atoms with Crippen LogP contribution in [-0.4, -0.2) is 156 Å². The predicted molar refractivity (Wildman–Crippen MR) is 284 cm³/mol. The van der Waals surface area contributed by atoms with Gasteiger partial charge in [0.2, 0.25) is 11.8 Å². The minimum atomic E-state index is -1.20. The van der Waals surface area contributed by atoms with Crippen molar-refractivity contribution >= 4 is 50.9 Å². The fourth-order valence-corrected chi connectivity index (χ4v) is 13.6. The number of alkyl halides is 1. The maximum atomic E-state index is 17.4. The van der Waals surface area contributed by atoms with E-state index in [2.05, 4.69) is 26.9 Å². The van der Waals surface area contributed by atoms with E-state index in [-0.39, 0.29) is 53.1 Å². The average molecular weight is 1040 g/mol. The zero-order valence-electron chi connectivity index (χ0n) is 44.0. The lowest BCUT2D eigenvalue weighted by atomic mass is 9.55. The van der Waals surface area contributed by atoms with Gasteiger partial charge in [0, 0.05) is 101 Å². The standard InChI is InChI=1S/C58H69F2N9O7/c1-4-37-7-5-8-38-26-41(76-36-74-3)27-43(47(37)38)49-48(59)50-44(28-61-49)51(68-18-6-13-55(2,73)32-68)64-54(63-50)75-35-57(14-15-57)33-65-19-16-56(17-20-65)30-58(60,31-56)34-66-21-23-67(24-22-66)40-9-10-42-39(25-40)29-69(53(42)72)45-11-12-46(70)62-52(45)71/h5,7-10,25-28,45,73H,4,6,11-24,29-36H2,1-3H3,(H,62,70,71)/t45-,55+/m0/s1. The van der Waals surface area contributed by atoms with E-state index < -0.39 is 29.0 Å². The number of piperidine rings is 3. The Hall–Kier alpha value is -6.08. The normalized spacial score (nSPS) is 24.3. The summed E-state index contributed by atoms with van der Waals surface area (Å²) in [5.74, 6) is -0.450. The number of carbonyl (C=O) groups excluding carboxylic acids is 3. The van der Waals surface area contributed by atoms with Crippen molar-refractivity contribution < 1.29 is 42.5 Å². The number of β-amino-alcohol motifs (C(OH)–C–C–N with tert-alkyl or cyclic N) is 1. The molecule has 5 aromatic rings. The van der Waals surface area contributed by atoms with Crippen LogP contribution < -0.4 is 24.6 Å². The van der Waals surface area contributed by atoms with Crippen molar-refractivity contribution in [3.05, 3.63) is 77.2 Å². The number of amides is 3. The number of imide groups is 1. The molecule has 2 N–H and O–H groups in total. The topological polar surface area (TPSA) is 166 Å². The van der Waals surface area contributed by atoms with Crippen LogP contribution in [0.25, 0.3) is 32.9 Å². The number of hydrogen-bond acceptors (Lipinski definition) is 14. The first-order valence-electron chi connectivity index (χ1n) is 27.4. The van der Waals surface area contributed by atoms with Crippen molar-refractivity contribution in [1.29, 1.82) is 0 Å². The number of piperazine rings is 1. The summed E-state index contributed by atoms with van der Waals surface area (Å²) in [6.07, 6.45) is 9.44. The molecule has 18 heteroatoms. The fraction of sp³-hybridized carbons (Fsp3) is 0.552. The Bertz CT molecular complexity index is 3090. The summed E-state index contributed by atoms with van der Waals surface area (Å²) in [5, 5.41) is 15.8. The number of carbonyl (C=O) groups is 3. The van der Waals surface area contributed by atoms with Crippen LogP contribution in [0.15, 0.2) is 54.7 Å². The first kappa shape index (κ1) is 50.7. The molecule has 402 valence electrons. The van der Waals surface area contributed by atoms with Crippen molar-refractivity contribution in [3.63, 3.8) is 0 Å². The van der Waals surface area contributed by atoms with Crippen LogP contribution in [0.4, 0.5) is 20.3 Å². The van der Waals surface area contributed by atoms with Crippen LogP contribution in [0.5, 0.6) is 11.8 Å². The molecule has 2 atom stereocenters. The summed E-state index contributed by atoms with van der Waals surface area (Å²) >= 11 is 0. The van der Waals surface area contributed by atoms with Gasteiger partial charge in [-0.15, -0.1) is 0 Å². The zero-order valence-corrected chi connectivity index (χ0v) is 44.0. The molecular formula is C58H69F2N9O7. The first-order valence-corrected chi connectivity index (χ1v) is 27.4. The second kappa shape index (κ2) is 19.7. The summed E-state index contributed by atoms with van der Waals surface area (Å²) in [6.45, 7) is 11.8. The Balaban J connectivity index is 0.673. The lowest BCUT2D eigenvalue weighted by Gasteiger charge is -2.57. The summed E-state index contributed by atoms with van der Waals surface area (Å²) in [6, 6.07) is 15.1. The molecule has 0 radical (unpaired) electrons. The molecular weight excluding hydrogens is 973 g/mol. The zero-order chi connectivity index (χ0) is 52.6. The van der Waals surface area contributed by atoms with Crippen LogP contribution in [0.2, 0.25) is 0 Å². The Morgan fingerprint density at radius 2 is 1.66 bits per heavy atom. The van der Waals surface area contributed by atoms with E-state index in [1.165, 1.54) is 0 Å². The second-order valence-electron chi connectivity index (χ2n) is 23.5. The van der Waals surface area contributed by atoms with Gasteiger partial charge in [0.05, 0.1) is 17.6 Å². The van der Waals surface area contributed by atoms with Gasteiger partial charge in [0.15, 0.2) is 12.6 Å². The number of aliphatic hydroxyl groups is 1. The number of likely N-dealkylation sites (tertiary alicyclic amines) is 1. The van der Waals surface area contributed by atoms with E-state index in [0.29, 0.717) is 86.5 Å². The highest BCUT2D eigenvalue weighted by Gasteiger charge is 2.57. The van der Waals surface area contributed by atoms with Gasteiger partial charge in [-0.3, -0.25) is 29.6 Å². The largest absolute Gasteiger partial charge is 0.468 e. The molecule has 2 aromatic heterocycles. The molecule has 0 bridgehead atoms. The molecule has 4 saturated heterocycles. The number of nitrogens with zero attached hydrogens (tertiary/aromatic N) is 8. The quantitative estimate of drug-likeness (QED) is 0.0798. The van der Waals surface area contributed by atoms with Crippen molar-refractivity contribution in [2.45, 2.75) is 108 Å². The minimum Gasteiger partial charge on any atom is -0.468 e. The average Bonchev–Trinajstić information content (AvgIpc) is 4.10. The lowest BCUT2D eigenvalue weighted by Crippen LogP contribution is -2.60. The predicted octanol–water partition coefficient (Wildman–Crippen LogP) is 7.21. The van der Waals surface area contributed by atoms with Crippen molar-refractivity contribution in [1.82, 2.24) is 35.0 Å². The van der Waals surface area contributed by atoms with Crippen LogP contribution in [0, 0.1) is 16.6 Å². The van der Waals surface area contributed by atoms with Gasteiger partial charge >= 0.3 is 6.01 Å². The molecule has 16 nitrogen and oxygen atoms in total. The number of methoxy groups -OCH3 is 1. The molecule has 76 heavy (non-hydrogen) atoms. The SMILES string of the molecule is CCc1cccc2cc(OCOC)cc(-c3ncc4c(N5CCC[C@@](C)(O)C5)nc(OCC5(CN6CCC7(CC6)CC(F)(CN6CCN(c8ccc9c(c8)CN([C@H]8CCC(=O)NC8=O)C9=O)CC6)C7)CC5)nc4c3F)c12. The number of halogens is 2. The van der Waals surface area contributed by atoms with E-state index in [1.54, 1.807) is 18.2 Å². The van der Waals surface area contributed by atoms with Gasteiger partial charge in [-0.2, -0.15) is 9.97 Å². The van der Waals surface area contributed by atoms with Gasteiger partial charge in [0.25, 0.3) is 5.91 Å². The third kappa shape index (κ3) is 9.83. The number of aromatic nitrogens is 3. The van der Waals surface area contributed by atoms with Gasteiger partial charge in [-0.05, 0) is 142 Å². The lowest BCUT2D eigenvalue weighted by molar-refractivity contribution is -0.136. The maximum absolute atomic E-state index is 17.4. The first-order chi connectivity index (χ1) is 36.6. The van der Waals surface area contributed by atoms with Crippen LogP contribution in [0.3, 0.4) is 0 Å². The van der Waals surface area contributed by atoms with Crippen LogP contribution in [-0.2, 0) is 27.3 Å². The number of benzene rings is 3. The van der Waals surface area contributed by atoms with Gasteiger partial charge in [-0.25, -0.2) is 8.78 Å². The molecule has 3 amide bonds. The third-order valence-corrected chi connectivity index (χ3v) is 17.7. The molecule has 3 aromatic carbocycles. The minimum absolute atomic E-state index is 0.0265. The Morgan fingerprint density at radius 1 is 0.868 bits per heavy atom. The number of ether oxygens (including phenoxy) is 3. The number of pyridine rings is 1. The van der Waals surface area contributed by atoms with Crippen molar-refractivity contribution in [3.8, 4) is 23.0 Å². The second-order valence-corrected chi connectivity index (χ2v) is 23.5. The monoisotopic (exact) mass is 1040 g/mol. The summed E-state index contributed by atoms with van der Waals surface area (Å²) in [4.78, 5) is 62.6. The highest BCUT2D eigenvalue weighted by atomic mass is 19.1. The molecule has 7 aliphatic rings. The number of fused-ring (bicyclic) bond motifs is 3. The molecule has 2 aliphatic carbocycles. The molecule has 5 aliphatic heterocycles. The van der Waals surface area contributed by atoms with Crippen LogP contribution >= 0.6 is 0 Å². The van der Waals surface area contributed by atoms with Crippen LogP contribution in [0.1, 0.15) is 99.5 Å². The third-order valence-electron chi connectivity index (χ3n) is 17.7. The Morgan fingerprint density at radius 3 is 2.39 bits per heavy atom. The van der Waals surface area contributed by atoms with E-state index >= 15 is 8.78 Å². The van der Waals surface area contributed by atoms with Gasteiger partial charge in [0.1, 0.15) is 34.5 Å². The van der Waals surface area contributed by atoms with Gasteiger partial charge in [-0.1, -0.05) is 25.1 Å². The number of hydrogen-bond donors (Lipinski definition) is 2. The molecule has 6 fully saturated rings. The fourth-order valence-electron chi connectivity index (χ4n) is 13.6. The number of aryl methyl sites for hydroxylation is 1.